The van der Waals surface area contributed by atoms with E-state index in [0.29, 0.717) is 22.9 Å². The maximum absolute atomic E-state index is 12.5. The molecule has 0 aliphatic carbocycles. The SMILES string of the molecule is O=C(NCc1ccc2c(c1)OCO2)C1=CNc2ccccc2S1=O. The van der Waals surface area contributed by atoms with E-state index in [-0.39, 0.29) is 17.6 Å². The molecule has 2 aromatic carbocycles. The number of ether oxygens (including phenoxy) is 2. The fraction of sp³-hybridized carbons (Fsp3) is 0.118. The quantitative estimate of drug-likeness (QED) is 0.893. The molecule has 4 rings (SSSR count). The first kappa shape index (κ1) is 14.8. The van der Waals surface area contributed by atoms with Crippen LogP contribution in [0.2, 0.25) is 0 Å². The number of nitrogens with one attached hydrogen (secondary N) is 2. The largest absolute Gasteiger partial charge is 0.454 e. The second-order valence-corrected chi connectivity index (χ2v) is 6.71. The molecule has 0 bridgehead atoms. The zero-order valence-corrected chi connectivity index (χ0v) is 13.4. The summed E-state index contributed by atoms with van der Waals surface area (Å²) < 4.78 is 23.1. The highest BCUT2D eigenvalue weighted by Gasteiger charge is 2.24. The Morgan fingerprint density at radius 1 is 1.17 bits per heavy atom. The van der Waals surface area contributed by atoms with Crippen molar-refractivity contribution in [3.63, 3.8) is 0 Å². The molecule has 1 atom stereocenters. The Morgan fingerprint density at radius 3 is 2.92 bits per heavy atom. The van der Waals surface area contributed by atoms with Gasteiger partial charge in [-0.3, -0.25) is 4.79 Å². The molecule has 2 aliphatic heterocycles. The Kier molecular flexibility index (Phi) is 3.70. The lowest BCUT2D eigenvalue weighted by molar-refractivity contribution is -0.117. The van der Waals surface area contributed by atoms with E-state index in [1.807, 2.05) is 24.3 Å². The van der Waals surface area contributed by atoms with Crippen molar-refractivity contribution in [2.24, 2.45) is 0 Å². The average Bonchev–Trinajstić information content (AvgIpc) is 3.08. The summed E-state index contributed by atoms with van der Waals surface area (Å²) in [5.74, 6) is 0.993. The number of fused-ring (bicyclic) bond motifs is 2. The lowest BCUT2D eigenvalue weighted by atomic mass is 10.2. The van der Waals surface area contributed by atoms with Crippen LogP contribution in [0.4, 0.5) is 5.69 Å². The first-order valence-corrected chi connectivity index (χ1v) is 8.51. The first-order chi connectivity index (χ1) is 11.7. The third-order valence-electron chi connectivity index (χ3n) is 3.76. The lowest BCUT2D eigenvalue weighted by Gasteiger charge is -2.17. The summed E-state index contributed by atoms with van der Waals surface area (Å²) in [6.45, 7) is 0.522. The van der Waals surface area contributed by atoms with E-state index in [2.05, 4.69) is 10.6 Å². The van der Waals surface area contributed by atoms with E-state index in [1.54, 1.807) is 18.2 Å². The zero-order chi connectivity index (χ0) is 16.5. The monoisotopic (exact) mass is 342 g/mol. The van der Waals surface area contributed by atoms with Crippen LogP contribution in [-0.4, -0.2) is 16.9 Å². The van der Waals surface area contributed by atoms with Gasteiger partial charge in [0.1, 0.15) is 4.91 Å². The molecule has 0 saturated carbocycles. The van der Waals surface area contributed by atoms with Crippen LogP contribution in [0.1, 0.15) is 5.56 Å². The number of anilines is 1. The minimum Gasteiger partial charge on any atom is -0.454 e. The average molecular weight is 342 g/mol. The smallest absolute Gasteiger partial charge is 0.262 e. The Morgan fingerprint density at radius 2 is 2.00 bits per heavy atom. The summed E-state index contributed by atoms with van der Waals surface area (Å²) in [5.41, 5.74) is 1.63. The van der Waals surface area contributed by atoms with Crippen molar-refractivity contribution >= 4 is 22.4 Å². The maximum atomic E-state index is 12.5. The van der Waals surface area contributed by atoms with Gasteiger partial charge in [0, 0.05) is 12.7 Å². The number of rotatable bonds is 3. The molecule has 0 aromatic heterocycles. The number of amides is 1. The maximum Gasteiger partial charge on any atom is 0.262 e. The molecule has 1 unspecified atom stereocenters. The Hall–Kier alpha value is -2.80. The fourth-order valence-corrected chi connectivity index (χ4v) is 3.71. The van der Waals surface area contributed by atoms with Crippen molar-refractivity contribution in [1.82, 2.24) is 5.32 Å². The molecule has 122 valence electrons. The van der Waals surface area contributed by atoms with Crippen molar-refractivity contribution in [3.05, 3.63) is 59.1 Å². The summed E-state index contributed by atoms with van der Waals surface area (Å²) in [5, 5.41) is 5.79. The lowest BCUT2D eigenvalue weighted by Crippen LogP contribution is -2.28. The van der Waals surface area contributed by atoms with Gasteiger partial charge in [-0.05, 0) is 29.8 Å². The molecule has 0 saturated heterocycles. The molecular weight excluding hydrogens is 328 g/mol. The first-order valence-electron chi connectivity index (χ1n) is 7.36. The van der Waals surface area contributed by atoms with Gasteiger partial charge in [0.25, 0.3) is 5.91 Å². The zero-order valence-electron chi connectivity index (χ0n) is 12.6. The molecular formula is C17H14N2O4S. The standard InChI is InChI=1S/C17H14N2O4S/c20-17(16-9-18-12-3-1-2-4-15(12)24(16)21)19-8-11-5-6-13-14(7-11)23-10-22-13/h1-7,9,18H,8,10H2,(H,19,20). The predicted octanol–water partition coefficient (Wildman–Crippen LogP) is 2.11. The van der Waals surface area contributed by atoms with Gasteiger partial charge in [-0.2, -0.15) is 0 Å². The van der Waals surface area contributed by atoms with Crippen LogP contribution in [0.5, 0.6) is 11.5 Å². The van der Waals surface area contributed by atoms with E-state index in [9.17, 15) is 9.00 Å². The highest BCUT2D eigenvalue weighted by molar-refractivity contribution is 7.90. The number of carbonyl (C=O) groups excluding carboxylic acids is 1. The van der Waals surface area contributed by atoms with Crippen LogP contribution in [0.25, 0.3) is 0 Å². The molecule has 1 amide bonds. The molecule has 0 fully saturated rings. The third kappa shape index (κ3) is 2.63. The molecule has 2 heterocycles. The highest BCUT2D eigenvalue weighted by atomic mass is 32.2. The molecule has 0 radical (unpaired) electrons. The Labute approximate surface area is 140 Å². The molecule has 6 nitrogen and oxygen atoms in total. The van der Waals surface area contributed by atoms with Gasteiger partial charge in [0.15, 0.2) is 11.5 Å². The van der Waals surface area contributed by atoms with Gasteiger partial charge in [-0.15, -0.1) is 0 Å². The van der Waals surface area contributed by atoms with Crippen LogP contribution in [0, 0.1) is 0 Å². The van der Waals surface area contributed by atoms with E-state index in [0.717, 1.165) is 11.3 Å². The van der Waals surface area contributed by atoms with Crippen LogP contribution >= 0.6 is 0 Å². The summed E-state index contributed by atoms with van der Waals surface area (Å²) in [7, 11) is -1.50. The Balaban J connectivity index is 1.45. The second-order valence-electron chi connectivity index (χ2n) is 5.29. The number of hydrogen-bond acceptors (Lipinski definition) is 5. The molecule has 2 aromatic rings. The summed E-state index contributed by atoms with van der Waals surface area (Å²) in [6.07, 6.45) is 1.49. The van der Waals surface area contributed by atoms with Crippen LogP contribution in [0.3, 0.4) is 0 Å². The molecule has 24 heavy (non-hydrogen) atoms. The van der Waals surface area contributed by atoms with Crippen LogP contribution in [-0.2, 0) is 22.1 Å². The van der Waals surface area contributed by atoms with Gasteiger partial charge in [0.2, 0.25) is 6.79 Å². The molecule has 2 N–H and O–H groups in total. The minimum atomic E-state index is -1.50. The van der Waals surface area contributed by atoms with Crippen LogP contribution < -0.4 is 20.1 Å². The van der Waals surface area contributed by atoms with Gasteiger partial charge >= 0.3 is 0 Å². The van der Waals surface area contributed by atoms with Gasteiger partial charge in [-0.25, -0.2) is 4.21 Å². The van der Waals surface area contributed by atoms with Crippen molar-refractivity contribution in [1.29, 1.82) is 0 Å². The summed E-state index contributed by atoms with van der Waals surface area (Å²) in [6, 6.07) is 12.7. The number of carbonyl (C=O) groups is 1. The van der Waals surface area contributed by atoms with Gasteiger partial charge in [0.05, 0.1) is 21.4 Å². The summed E-state index contributed by atoms with van der Waals surface area (Å²) >= 11 is 0. The van der Waals surface area contributed by atoms with Crippen molar-refractivity contribution in [2.45, 2.75) is 11.4 Å². The van der Waals surface area contributed by atoms with E-state index in [4.69, 9.17) is 9.47 Å². The van der Waals surface area contributed by atoms with Gasteiger partial charge in [-0.1, -0.05) is 18.2 Å². The number of para-hydroxylation sites is 1. The van der Waals surface area contributed by atoms with E-state index < -0.39 is 10.8 Å². The normalized spacial score (nSPS) is 17.5. The molecule has 7 heteroatoms. The highest BCUT2D eigenvalue weighted by Crippen LogP contribution is 2.32. The Bertz CT molecular complexity index is 879. The number of benzene rings is 2. The van der Waals surface area contributed by atoms with E-state index >= 15 is 0 Å². The summed E-state index contributed by atoms with van der Waals surface area (Å²) in [4.78, 5) is 13.2. The van der Waals surface area contributed by atoms with E-state index in [1.165, 1.54) is 6.20 Å². The number of hydrogen-bond donors (Lipinski definition) is 2. The predicted molar refractivity (Wildman–Crippen MR) is 89.0 cm³/mol. The van der Waals surface area contributed by atoms with Crippen molar-refractivity contribution in [2.75, 3.05) is 12.1 Å². The third-order valence-corrected chi connectivity index (χ3v) is 5.22. The second kappa shape index (κ2) is 6.01. The topological polar surface area (TPSA) is 76.7 Å². The molecule has 2 aliphatic rings. The van der Waals surface area contributed by atoms with Crippen molar-refractivity contribution < 1.29 is 18.5 Å². The molecule has 0 spiro atoms. The fourth-order valence-electron chi connectivity index (χ4n) is 2.53. The van der Waals surface area contributed by atoms with Crippen molar-refractivity contribution in [3.8, 4) is 11.5 Å². The van der Waals surface area contributed by atoms with Gasteiger partial charge < -0.3 is 20.1 Å². The van der Waals surface area contributed by atoms with Crippen LogP contribution in [0.15, 0.2) is 58.5 Å². The minimum absolute atomic E-state index is 0.203.